The van der Waals surface area contributed by atoms with E-state index in [2.05, 4.69) is 0 Å². The Bertz CT molecular complexity index is 938. The fraction of sp³-hybridized carbons (Fsp3) is 0.444. The Morgan fingerprint density at radius 1 is 1.38 bits per heavy atom. The lowest BCUT2D eigenvalue weighted by Gasteiger charge is -2.37. The van der Waals surface area contributed by atoms with E-state index in [4.69, 9.17) is 10.5 Å². The van der Waals surface area contributed by atoms with Crippen LogP contribution in [0.5, 0.6) is 0 Å². The van der Waals surface area contributed by atoms with Crippen molar-refractivity contribution in [2.24, 2.45) is 5.73 Å². The van der Waals surface area contributed by atoms with Crippen LogP contribution in [-0.4, -0.2) is 48.0 Å². The Kier molecular flexibility index (Phi) is 4.16. The molecule has 2 heterocycles. The molecule has 1 aliphatic heterocycles. The summed E-state index contributed by atoms with van der Waals surface area (Å²) >= 11 is 0. The second-order valence-corrected chi connectivity index (χ2v) is 6.79. The topological polar surface area (TPSA) is 97.8 Å². The number of benzene rings is 1. The van der Waals surface area contributed by atoms with Crippen molar-refractivity contribution in [2.75, 3.05) is 31.2 Å². The third-order valence-corrected chi connectivity index (χ3v) is 5.08. The molecule has 2 aromatic rings. The second kappa shape index (κ2) is 6.37. The average molecular weight is 361 g/mol. The summed E-state index contributed by atoms with van der Waals surface area (Å²) in [6, 6.07) is 2.80. The van der Waals surface area contributed by atoms with Crippen molar-refractivity contribution in [2.45, 2.75) is 24.9 Å². The van der Waals surface area contributed by atoms with Crippen molar-refractivity contribution in [1.82, 2.24) is 4.57 Å². The minimum Gasteiger partial charge on any atom is -0.477 e. The van der Waals surface area contributed by atoms with E-state index in [-0.39, 0.29) is 23.0 Å². The first-order valence-corrected chi connectivity index (χ1v) is 8.67. The van der Waals surface area contributed by atoms with Gasteiger partial charge in [-0.2, -0.15) is 0 Å². The number of fused-ring (bicyclic) bond motifs is 1. The third kappa shape index (κ3) is 2.75. The van der Waals surface area contributed by atoms with Crippen molar-refractivity contribution in [3.63, 3.8) is 0 Å². The van der Waals surface area contributed by atoms with Crippen molar-refractivity contribution >= 4 is 22.6 Å². The van der Waals surface area contributed by atoms with Gasteiger partial charge in [-0.05, 0) is 25.0 Å². The Morgan fingerprint density at radius 2 is 2.15 bits per heavy atom. The molecule has 8 heteroatoms. The van der Waals surface area contributed by atoms with Crippen molar-refractivity contribution in [1.29, 1.82) is 0 Å². The van der Waals surface area contributed by atoms with E-state index in [1.54, 1.807) is 10.6 Å². The maximum atomic E-state index is 14.9. The van der Waals surface area contributed by atoms with E-state index in [1.807, 2.05) is 4.90 Å². The number of rotatable bonds is 4. The standard InChI is InChI=1S/C18H20FN3O4/c19-14-5-12-15(6-16(14)21-3-4-26-9-11(21)7-20)22(10-1-2-10)8-13(17(12)23)18(24)25/h5-6,8,10-11H,1-4,7,9,20H2,(H,24,25). The molecule has 1 aliphatic carbocycles. The molecule has 2 fully saturated rings. The minimum atomic E-state index is -1.30. The molecule has 1 saturated heterocycles. The van der Waals surface area contributed by atoms with Gasteiger partial charge >= 0.3 is 5.97 Å². The second-order valence-electron chi connectivity index (χ2n) is 6.79. The van der Waals surface area contributed by atoms with Gasteiger partial charge in [-0.1, -0.05) is 0 Å². The largest absolute Gasteiger partial charge is 0.477 e. The molecule has 3 N–H and O–H groups in total. The Hall–Kier alpha value is -2.45. The Morgan fingerprint density at radius 3 is 2.81 bits per heavy atom. The van der Waals surface area contributed by atoms with Crippen LogP contribution in [-0.2, 0) is 4.74 Å². The zero-order valence-corrected chi connectivity index (χ0v) is 14.2. The number of morpholine rings is 1. The zero-order chi connectivity index (χ0) is 18.4. The highest BCUT2D eigenvalue weighted by Gasteiger charge is 2.29. The van der Waals surface area contributed by atoms with Gasteiger partial charge in [-0.3, -0.25) is 4.79 Å². The fourth-order valence-corrected chi connectivity index (χ4v) is 3.55. The number of hydrogen-bond acceptors (Lipinski definition) is 5. The van der Waals surface area contributed by atoms with Crippen molar-refractivity contribution in [3.8, 4) is 0 Å². The first kappa shape index (κ1) is 17.0. The lowest BCUT2D eigenvalue weighted by molar-refractivity contribution is 0.0695. The van der Waals surface area contributed by atoms with Crippen LogP contribution in [0.1, 0.15) is 29.2 Å². The van der Waals surface area contributed by atoms with E-state index in [9.17, 15) is 19.1 Å². The lowest BCUT2D eigenvalue weighted by atomic mass is 10.1. The molecule has 2 aliphatic rings. The number of aromatic carboxylic acids is 1. The van der Waals surface area contributed by atoms with Gasteiger partial charge in [-0.25, -0.2) is 9.18 Å². The first-order valence-electron chi connectivity index (χ1n) is 8.67. The van der Waals surface area contributed by atoms with Gasteiger partial charge in [0, 0.05) is 30.7 Å². The highest BCUT2D eigenvalue weighted by atomic mass is 19.1. The smallest absolute Gasteiger partial charge is 0.341 e. The summed E-state index contributed by atoms with van der Waals surface area (Å²) in [5.74, 6) is -1.85. The molecule has 0 bridgehead atoms. The van der Waals surface area contributed by atoms with E-state index in [1.165, 1.54) is 6.20 Å². The van der Waals surface area contributed by atoms with E-state index in [0.29, 0.717) is 37.5 Å². The third-order valence-electron chi connectivity index (χ3n) is 5.08. The molecule has 26 heavy (non-hydrogen) atoms. The highest BCUT2D eigenvalue weighted by Crippen LogP contribution is 2.38. The number of ether oxygens (including phenoxy) is 1. The molecule has 1 saturated carbocycles. The number of hydrogen-bond donors (Lipinski definition) is 2. The molecular formula is C18H20FN3O4. The van der Waals surface area contributed by atoms with Crippen LogP contribution in [0.25, 0.3) is 10.9 Å². The number of carbonyl (C=O) groups is 1. The normalized spacial score (nSPS) is 20.5. The molecule has 0 amide bonds. The Labute approximate surface area is 148 Å². The van der Waals surface area contributed by atoms with Gasteiger partial charge < -0.3 is 25.0 Å². The van der Waals surface area contributed by atoms with Crippen LogP contribution in [0.15, 0.2) is 23.1 Å². The summed E-state index contributed by atoms with van der Waals surface area (Å²) in [4.78, 5) is 25.8. The fourth-order valence-electron chi connectivity index (χ4n) is 3.55. The molecule has 0 spiro atoms. The molecule has 4 rings (SSSR count). The van der Waals surface area contributed by atoms with E-state index in [0.717, 1.165) is 18.9 Å². The summed E-state index contributed by atoms with van der Waals surface area (Å²) in [5.41, 5.74) is 5.73. The SMILES string of the molecule is NCC1COCCN1c1cc2c(cc1F)c(=O)c(C(=O)O)cn2C1CC1. The monoisotopic (exact) mass is 361 g/mol. The number of anilines is 1. The van der Waals surface area contributed by atoms with Crippen molar-refractivity contribution in [3.05, 3.63) is 39.9 Å². The maximum absolute atomic E-state index is 14.9. The number of nitrogens with zero attached hydrogens (tertiary/aromatic N) is 2. The van der Waals surface area contributed by atoms with Crippen LogP contribution >= 0.6 is 0 Å². The van der Waals surface area contributed by atoms with Gasteiger partial charge in [0.1, 0.15) is 11.4 Å². The number of carboxylic acid groups (broad SMARTS) is 1. The van der Waals surface area contributed by atoms with Crippen LogP contribution in [0.2, 0.25) is 0 Å². The highest BCUT2D eigenvalue weighted by molar-refractivity contribution is 5.93. The minimum absolute atomic E-state index is 0.0932. The van der Waals surface area contributed by atoms with Gasteiger partial charge in [0.2, 0.25) is 5.43 Å². The van der Waals surface area contributed by atoms with E-state index >= 15 is 0 Å². The predicted octanol–water partition coefficient (Wildman–Crippen LogP) is 1.34. The number of aromatic nitrogens is 1. The molecule has 1 atom stereocenters. The van der Waals surface area contributed by atoms with Gasteiger partial charge in [0.05, 0.1) is 30.5 Å². The van der Waals surface area contributed by atoms with Gasteiger partial charge in [0.25, 0.3) is 0 Å². The molecular weight excluding hydrogens is 341 g/mol. The molecule has 1 unspecified atom stereocenters. The average Bonchev–Trinajstić information content (AvgIpc) is 3.47. The summed E-state index contributed by atoms with van der Waals surface area (Å²) in [6.45, 7) is 1.72. The van der Waals surface area contributed by atoms with E-state index < -0.39 is 17.2 Å². The van der Waals surface area contributed by atoms with Crippen LogP contribution in [0.3, 0.4) is 0 Å². The molecule has 0 radical (unpaired) electrons. The van der Waals surface area contributed by atoms with Crippen LogP contribution < -0.4 is 16.1 Å². The quantitative estimate of drug-likeness (QED) is 0.853. The number of nitrogens with two attached hydrogens (primary N) is 1. The summed E-state index contributed by atoms with van der Waals surface area (Å²) in [6.07, 6.45) is 3.20. The molecule has 138 valence electrons. The summed E-state index contributed by atoms with van der Waals surface area (Å²) < 4.78 is 22.1. The number of halogens is 1. The number of pyridine rings is 1. The zero-order valence-electron chi connectivity index (χ0n) is 14.2. The molecule has 1 aromatic heterocycles. The van der Waals surface area contributed by atoms with Crippen molar-refractivity contribution < 1.29 is 19.0 Å². The lowest BCUT2D eigenvalue weighted by Crippen LogP contribution is -2.49. The summed E-state index contributed by atoms with van der Waals surface area (Å²) in [7, 11) is 0. The Balaban J connectivity index is 1.93. The molecule has 1 aromatic carbocycles. The molecule has 7 nitrogen and oxygen atoms in total. The summed E-state index contributed by atoms with van der Waals surface area (Å²) in [5, 5.41) is 9.40. The van der Waals surface area contributed by atoms with Crippen LogP contribution in [0, 0.1) is 5.82 Å². The van der Waals surface area contributed by atoms with Crippen LogP contribution in [0.4, 0.5) is 10.1 Å². The predicted molar refractivity (Wildman–Crippen MR) is 94.4 cm³/mol. The van der Waals surface area contributed by atoms with Gasteiger partial charge in [-0.15, -0.1) is 0 Å². The first-order chi connectivity index (χ1) is 12.5. The number of carboxylic acids is 1. The van der Waals surface area contributed by atoms with Gasteiger partial charge in [0.15, 0.2) is 0 Å². The maximum Gasteiger partial charge on any atom is 0.341 e.